The summed E-state index contributed by atoms with van der Waals surface area (Å²) in [6.07, 6.45) is 0.806. The van der Waals surface area contributed by atoms with Crippen molar-refractivity contribution in [2.24, 2.45) is 0 Å². The minimum absolute atomic E-state index is 0.0887. The molecule has 3 aromatic carbocycles. The number of nitrogens with zero attached hydrogens (tertiary/aromatic N) is 1. The highest BCUT2D eigenvalue weighted by Crippen LogP contribution is 2.19. The van der Waals surface area contributed by atoms with Gasteiger partial charge in [-0.15, -0.1) is 0 Å². The first-order chi connectivity index (χ1) is 16.8. The molecule has 0 saturated carbocycles. The summed E-state index contributed by atoms with van der Waals surface area (Å²) in [5.74, 6) is -0.0392. The fourth-order valence-electron chi connectivity index (χ4n) is 3.39. The monoisotopic (exact) mass is 495 g/mol. The molecule has 0 bridgehead atoms. The number of methoxy groups -OCH3 is 1. The van der Waals surface area contributed by atoms with E-state index in [1.54, 1.807) is 17.0 Å². The van der Waals surface area contributed by atoms with Gasteiger partial charge in [-0.05, 0) is 60.5 Å². The molecule has 0 unspecified atom stereocenters. The molecule has 0 saturated heterocycles. The smallest absolute Gasteiger partial charge is 0.261 e. The van der Waals surface area contributed by atoms with Gasteiger partial charge in [-0.1, -0.05) is 37.3 Å². The maximum Gasteiger partial charge on any atom is 0.261 e. The summed E-state index contributed by atoms with van der Waals surface area (Å²) in [6.45, 7) is 2.94. The van der Waals surface area contributed by atoms with Crippen molar-refractivity contribution < 1.29 is 22.7 Å². The van der Waals surface area contributed by atoms with E-state index < -0.39 is 15.9 Å². The Kier molecular flexibility index (Phi) is 8.86. The van der Waals surface area contributed by atoms with Crippen LogP contribution < -0.4 is 14.8 Å². The summed E-state index contributed by atoms with van der Waals surface area (Å²) >= 11 is 0. The zero-order chi connectivity index (χ0) is 25.3. The Morgan fingerprint density at radius 1 is 0.914 bits per heavy atom. The molecule has 0 aromatic heterocycles. The predicted molar refractivity (Wildman–Crippen MR) is 135 cm³/mol. The number of carbonyl (C=O) groups is 2. The summed E-state index contributed by atoms with van der Waals surface area (Å²) in [7, 11) is -2.29. The van der Waals surface area contributed by atoms with Gasteiger partial charge in [0.25, 0.3) is 15.9 Å². The molecule has 184 valence electrons. The SMILES string of the molecule is CCCN(Cc1ccccc1)C(=O)CNC(=O)c1ccc(NS(=O)(=O)c2ccc(OC)cc2)cc1. The van der Waals surface area contributed by atoms with Crippen molar-refractivity contribution in [1.29, 1.82) is 0 Å². The molecular weight excluding hydrogens is 466 g/mol. The van der Waals surface area contributed by atoms with Crippen molar-refractivity contribution in [2.75, 3.05) is 24.9 Å². The second kappa shape index (κ2) is 12.0. The van der Waals surface area contributed by atoms with E-state index in [1.807, 2.05) is 37.3 Å². The molecule has 0 aliphatic carbocycles. The Morgan fingerprint density at radius 2 is 1.57 bits per heavy atom. The molecule has 0 fully saturated rings. The molecule has 0 atom stereocenters. The Balaban J connectivity index is 1.57. The predicted octanol–water partition coefficient (Wildman–Crippen LogP) is 3.66. The molecule has 0 heterocycles. The highest BCUT2D eigenvalue weighted by atomic mass is 32.2. The fourth-order valence-corrected chi connectivity index (χ4v) is 4.45. The largest absolute Gasteiger partial charge is 0.497 e. The van der Waals surface area contributed by atoms with Crippen LogP contribution in [0.15, 0.2) is 83.8 Å². The minimum atomic E-state index is -3.79. The molecule has 9 heteroatoms. The van der Waals surface area contributed by atoms with Gasteiger partial charge >= 0.3 is 0 Å². The van der Waals surface area contributed by atoms with E-state index in [2.05, 4.69) is 10.0 Å². The van der Waals surface area contributed by atoms with Gasteiger partial charge in [0.1, 0.15) is 5.75 Å². The fraction of sp³-hybridized carbons (Fsp3) is 0.231. The van der Waals surface area contributed by atoms with Crippen LogP contribution in [0, 0.1) is 0 Å². The van der Waals surface area contributed by atoms with Gasteiger partial charge in [0.2, 0.25) is 5.91 Å². The molecule has 0 aliphatic rings. The molecule has 0 aliphatic heterocycles. The topological polar surface area (TPSA) is 105 Å². The number of benzene rings is 3. The zero-order valence-corrected chi connectivity index (χ0v) is 20.5. The molecule has 35 heavy (non-hydrogen) atoms. The van der Waals surface area contributed by atoms with Crippen LogP contribution in [-0.4, -0.2) is 45.3 Å². The molecule has 2 amide bonds. The minimum Gasteiger partial charge on any atom is -0.497 e. The van der Waals surface area contributed by atoms with Gasteiger partial charge < -0.3 is 15.0 Å². The molecular formula is C26H29N3O5S. The van der Waals surface area contributed by atoms with Gasteiger partial charge in [0.05, 0.1) is 18.6 Å². The van der Waals surface area contributed by atoms with Crippen molar-refractivity contribution in [3.63, 3.8) is 0 Å². The molecule has 8 nitrogen and oxygen atoms in total. The lowest BCUT2D eigenvalue weighted by atomic mass is 10.2. The number of amides is 2. The van der Waals surface area contributed by atoms with Crippen LogP contribution in [0.3, 0.4) is 0 Å². The van der Waals surface area contributed by atoms with Gasteiger partial charge in [0, 0.05) is 24.3 Å². The first kappa shape index (κ1) is 25.8. The summed E-state index contributed by atoms with van der Waals surface area (Å²) < 4.78 is 32.7. The normalized spacial score (nSPS) is 10.9. The standard InChI is InChI=1S/C26H29N3O5S/c1-3-17-29(19-20-7-5-4-6-8-20)25(30)18-27-26(31)21-9-11-22(12-10-21)28-35(32,33)24-15-13-23(34-2)14-16-24/h4-16,28H,3,17-19H2,1-2H3,(H,27,31). The van der Waals surface area contributed by atoms with Gasteiger partial charge in [-0.3, -0.25) is 14.3 Å². The van der Waals surface area contributed by atoms with Crippen molar-refractivity contribution >= 4 is 27.5 Å². The first-order valence-electron chi connectivity index (χ1n) is 11.2. The van der Waals surface area contributed by atoms with Crippen LogP contribution in [0.4, 0.5) is 5.69 Å². The van der Waals surface area contributed by atoms with Crippen molar-refractivity contribution in [3.8, 4) is 5.75 Å². The summed E-state index contributed by atoms with van der Waals surface area (Å²) in [4.78, 5) is 27.0. The number of anilines is 1. The molecule has 2 N–H and O–H groups in total. The van der Waals surface area contributed by atoms with Gasteiger partial charge in [-0.2, -0.15) is 0 Å². The van der Waals surface area contributed by atoms with Crippen LogP contribution in [-0.2, 0) is 21.4 Å². The van der Waals surface area contributed by atoms with Crippen LogP contribution in [0.2, 0.25) is 0 Å². The van der Waals surface area contributed by atoms with E-state index in [9.17, 15) is 18.0 Å². The highest BCUT2D eigenvalue weighted by Gasteiger charge is 2.17. The summed E-state index contributed by atoms with van der Waals surface area (Å²) in [5, 5.41) is 2.65. The average Bonchev–Trinajstić information content (AvgIpc) is 2.87. The number of carbonyl (C=O) groups excluding carboxylic acids is 2. The van der Waals surface area contributed by atoms with E-state index in [0.29, 0.717) is 30.1 Å². The van der Waals surface area contributed by atoms with Crippen LogP contribution in [0.5, 0.6) is 5.75 Å². The van der Waals surface area contributed by atoms with E-state index in [4.69, 9.17) is 4.74 Å². The Labute approximate surface area is 206 Å². The quantitative estimate of drug-likeness (QED) is 0.422. The summed E-state index contributed by atoms with van der Waals surface area (Å²) in [5.41, 5.74) is 1.65. The third-order valence-corrected chi connectivity index (χ3v) is 6.63. The lowest BCUT2D eigenvalue weighted by Crippen LogP contribution is -2.40. The maximum absolute atomic E-state index is 12.7. The second-order valence-corrected chi connectivity index (χ2v) is 9.52. The average molecular weight is 496 g/mol. The molecule has 0 spiro atoms. The first-order valence-corrected chi connectivity index (χ1v) is 12.7. The number of nitrogens with one attached hydrogen (secondary N) is 2. The highest BCUT2D eigenvalue weighted by molar-refractivity contribution is 7.92. The number of ether oxygens (including phenoxy) is 1. The van der Waals surface area contributed by atoms with E-state index in [-0.39, 0.29) is 17.3 Å². The number of rotatable bonds is 11. The third-order valence-electron chi connectivity index (χ3n) is 5.23. The molecule has 3 aromatic rings. The Hall–Kier alpha value is -3.85. The molecule has 0 radical (unpaired) electrons. The van der Waals surface area contributed by atoms with E-state index in [0.717, 1.165) is 12.0 Å². The Bertz CT molecular complexity index is 1230. The summed E-state index contributed by atoms with van der Waals surface area (Å²) in [6, 6.07) is 21.7. The van der Waals surface area contributed by atoms with E-state index >= 15 is 0 Å². The van der Waals surface area contributed by atoms with Gasteiger partial charge in [0.15, 0.2) is 0 Å². The third kappa shape index (κ3) is 7.31. The second-order valence-electron chi connectivity index (χ2n) is 7.84. The lowest BCUT2D eigenvalue weighted by molar-refractivity contribution is -0.130. The van der Waals surface area contributed by atoms with Gasteiger partial charge in [-0.25, -0.2) is 8.42 Å². The van der Waals surface area contributed by atoms with Crippen LogP contribution >= 0.6 is 0 Å². The zero-order valence-electron chi connectivity index (χ0n) is 19.7. The Morgan fingerprint density at radius 3 is 2.17 bits per heavy atom. The van der Waals surface area contributed by atoms with Crippen molar-refractivity contribution in [2.45, 2.75) is 24.8 Å². The van der Waals surface area contributed by atoms with Crippen molar-refractivity contribution in [3.05, 3.63) is 90.0 Å². The lowest BCUT2D eigenvalue weighted by Gasteiger charge is -2.22. The van der Waals surface area contributed by atoms with Crippen molar-refractivity contribution in [1.82, 2.24) is 10.2 Å². The van der Waals surface area contributed by atoms with Crippen LogP contribution in [0.1, 0.15) is 29.3 Å². The van der Waals surface area contributed by atoms with Crippen LogP contribution in [0.25, 0.3) is 0 Å². The number of hydrogen-bond acceptors (Lipinski definition) is 5. The number of hydrogen-bond donors (Lipinski definition) is 2. The maximum atomic E-state index is 12.7. The number of sulfonamides is 1. The molecule has 3 rings (SSSR count). The van der Waals surface area contributed by atoms with E-state index in [1.165, 1.54) is 43.5 Å².